The van der Waals surface area contributed by atoms with Gasteiger partial charge in [0.15, 0.2) is 0 Å². The van der Waals surface area contributed by atoms with Crippen molar-refractivity contribution >= 4 is 11.8 Å². The van der Waals surface area contributed by atoms with E-state index < -0.39 is 18.6 Å². The third-order valence-electron chi connectivity index (χ3n) is 4.84. The highest BCUT2D eigenvalue weighted by Gasteiger charge is 2.32. The van der Waals surface area contributed by atoms with E-state index in [1.165, 1.54) is 0 Å². The number of halogens is 3. The standard InChI is InChI=1S/C24H29F3N2O2/c25-24(26,27)19-29(23(31)16-8-14-21-11-5-2-6-12-21)18-17-28-22(30)15-7-13-20-9-3-1-4-10-20/h1-6,9-12H,7-8,13-19H2,(H,28,30). The zero-order valence-electron chi connectivity index (χ0n) is 17.5. The van der Waals surface area contributed by atoms with E-state index in [0.717, 1.165) is 22.4 Å². The Morgan fingerprint density at radius 3 is 1.84 bits per heavy atom. The molecule has 31 heavy (non-hydrogen) atoms. The number of carbonyl (C=O) groups excluding carboxylic acids is 2. The molecule has 0 unspecified atom stereocenters. The summed E-state index contributed by atoms with van der Waals surface area (Å²) in [5, 5.41) is 2.62. The number of hydrogen-bond acceptors (Lipinski definition) is 2. The molecule has 0 fully saturated rings. The molecule has 0 spiro atoms. The molecule has 0 atom stereocenters. The largest absolute Gasteiger partial charge is 0.406 e. The lowest BCUT2D eigenvalue weighted by Crippen LogP contribution is -2.43. The quantitative estimate of drug-likeness (QED) is 0.533. The molecular formula is C24H29F3N2O2. The molecule has 0 aliphatic heterocycles. The number of nitrogens with zero attached hydrogens (tertiary/aromatic N) is 1. The van der Waals surface area contributed by atoms with Gasteiger partial charge < -0.3 is 10.2 Å². The van der Waals surface area contributed by atoms with Crippen LogP contribution in [0.3, 0.4) is 0 Å². The summed E-state index contributed by atoms with van der Waals surface area (Å²) < 4.78 is 38.7. The van der Waals surface area contributed by atoms with Crippen molar-refractivity contribution in [1.29, 1.82) is 0 Å². The number of amides is 2. The lowest BCUT2D eigenvalue weighted by molar-refractivity contribution is -0.161. The van der Waals surface area contributed by atoms with E-state index in [-0.39, 0.29) is 25.4 Å². The maximum Gasteiger partial charge on any atom is 0.406 e. The molecule has 0 heterocycles. The predicted molar refractivity (Wildman–Crippen MR) is 114 cm³/mol. The van der Waals surface area contributed by atoms with Gasteiger partial charge in [-0.2, -0.15) is 13.2 Å². The van der Waals surface area contributed by atoms with Gasteiger partial charge in [0.1, 0.15) is 6.54 Å². The molecule has 0 aromatic heterocycles. The third-order valence-corrected chi connectivity index (χ3v) is 4.84. The second-order valence-electron chi connectivity index (χ2n) is 7.46. The van der Waals surface area contributed by atoms with E-state index in [1.807, 2.05) is 60.7 Å². The predicted octanol–water partition coefficient (Wildman–Crippen LogP) is 4.54. The Balaban J connectivity index is 1.72. The van der Waals surface area contributed by atoms with Crippen LogP contribution in [0.1, 0.15) is 36.8 Å². The highest BCUT2D eigenvalue weighted by atomic mass is 19.4. The maximum atomic E-state index is 12.9. The number of nitrogens with one attached hydrogen (secondary N) is 1. The molecule has 0 radical (unpaired) electrons. The minimum Gasteiger partial charge on any atom is -0.354 e. The van der Waals surface area contributed by atoms with Gasteiger partial charge in [0.05, 0.1) is 0 Å². The molecular weight excluding hydrogens is 405 g/mol. The minimum absolute atomic E-state index is 0.00464. The monoisotopic (exact) mass is 434 g/mol. The summed E-state index contributed by atoms with van der Waals surface area (Å²) in [6, 6.07) is 19.2. The fourth-order valence-electron chi connectivity index (χ4n) is 3.27. The first-order chi connectivity index (χ1) is 14.8. The van der Waals surface area contributed by atoms with Gasteiger partial charge in [0.2, 0.25) is 11.8 Å². The molecule has 0 bridgehead atoms. The molecule has 2 amide bonds. The summed E-state index contributed by atoms with van der Waals surface area (Å²) in [6.45, 7) is -1.46. The van der Waals surface area contributed by atoms with Crippen molar-refractivity contribution in [3.05, 3.63) is 71.8 Å². The minimum atomic E-state index is -4.48. The van der Waals surface area contributed by atoms with Crippen molar-refractivity contribution < 1.29 is 22.8 Å². The summed E-state index contributed by atoms with van der Waals surface area (Å²) in [6.07, 6.45) is -1.63. The highest BCUT2D eigenvalue weighted by Crippen LogP contribution is 2.17. The van der Waals surface area contributed by atoms with Crippen molar-refractivity contribution in [2.75, 3.05) is 19.6 Å². The molecule has 4 nitrogen and oxygen atoms in total. The normalized spacial score (nSPS) is 11.2. The van der Waals surface area contributed by atoms with E-state index in [1.54, 1.807) is 0 Å². The van der Waals surface area contributed by atoms with Crippen LogP contribution in [-0.4, -0.2) is 42.5 Å². The lowest BCUT2D eigenvalue weighted by atomic mass is 10.1. The molecule has 2 rings (SSSR count). The molecule has 0 aliphatic rings. The number of aryl methyl sites for hydroxylation is 2. The van der Waals surface area contributed by atoms with Crippen LogP contribution >= 0.6 is 0 Å². The smallest absolute Gasteiger partial charge is 0.354 e. The average molecular weight is 435 g/mol. The van der Waals surface area contributed by atoms with Crippen LogP contribution in [0.4, 0.5) is 13.2 Å². The summed E-state index contributed by atoms with van der Waals surface area (Å²) in [5.41, 5.74) is 2.17. The average Bonchev–Trinajstić information content (AvgIpc) is 2.73. The molecule has 1 N–H and O–H groups in total. The molecule has 168 valence electrons. The van der Waals surface area contributed by atoms with Gasteiger partial charge in [-0.15, -0.1) is 0 Å². The van der Waals surface area contributed by atoms with Crippen LogP contribution < -0.4 is 5.32 Å². The Bertz CT molecular complexity index is 795. The van der Waals surface area contributed by atoms with E-state index in [4.69, 9.17) is 0 Å². The van der Waals surface area contributed by atoms with Crippen LogP contribution in [0.5, 0.6) is 0 Å². The van der Waals surface area contributed by atoms with Crippen molar-refractivity contribution in [2.45, 2.75) is 44.7 Å². The Labute approximate surface area is 181 Å². The number of hydrogen-bond donors (Lipinski definition) is 1. The van der Waals surface area contributed by atoms with Crippen molar-refractivity contribution in [1.82, 2.24) is 10.2 Å². The summed E-state index contributed by atoms with van der Waals surface area (Å²) in [7, 11) is 0. The van der Waals surface area contributed by atoms with Crippen LogP contribution in [0.25, 0.3) is 0 Å². The Hall–Kier alpha value is -2.83. The lowest BCUT2D eigenvalue weighted by Gasteiger charge is -2.24. The van der Waals surface area contributed by atoms with E-state index in [0.29, 0.717) is 25.7 Å². The Morgan fingerprint density at radius 1 is 0.806 bits per heavy atom. The highest BCUT2D eigenvalue weighted by molar-refractivity contribution is 5.77. The number of alkyl halides is 3. The topological polar surface area (TPSA) is 49.4 Å². The van der Waals surface area contributed by atoms with Crippen LogP contribution in [0, 0.1) is 0 Å². The van der Waals surface area contributed by atoms with Gasteiger partial charge in [-0.25, -0.2) is 0 Å². The fraction of sp³-hybridized carbons (Fsp3) is 0.417. The second kappa shape index (κ2) is 12.8. The zero-order valence-corrected chi connectivity index (χ0v) is 17.5. The van der Waals surface area contributed by atoms with Gasteiger partial charge in [-0.3, -0.25) is 9.59 Å². The van der Waals surface area contributed by atoms with Crippen molar-refractivity contribution in [3.8, 4) is 0 Å². The number of carbonyl (C=O) groups is 2. The molecule has 2 aromatic rings. The zero-order chi connectivity index (χ0) is 22.5. The van der Waals surface area contributed by atoms with Gasteiger partial charge in [-0.1, -0.05) is 60.7 Å². The Kier molecular flexibility index (Phi) is 10.1. The maximum absolute atomic E-state index is 12.9. The molecule has 0 aliphatic carbocycles. The van der Waals surface area contributed by atoms with E-state index in [9.17, 15) is 22.8 Å². The van der Waals surface area contributed by atoms with Crippen LogP contribution in [0.15, 0.2) is 60.7 Å². The van der Waals surface area contributed by atoms with Crippen LogP contribution in [0.2, 0.25) is 0 Å². The van der Waals surface area contributed by atoms with Gasteiger partial charge >= 0.3 is 6.18 Å². The first-order valence-corrected chi connectivity index (χ1v) is 10.5. The van der Waals surface area contributed by atoms with E-state index >= 15 is 0 Å². The summed E-state index contributed by atoms with van der Waals surface area (Å²) in [5.74, 6) is -0.772. The van der Waals surface area contributed by atoms with Crippen molar-refractivity contribution in [2.24, 2.45) is 0 Å². The molecule has 0 saturated carbocycles. The van der Waals surface area contributed by atoms with Gasteiger partial charge in [0.25, 0.3) is 0 Å². The van der Waals surface area contributed by atoms with Crippen molar-refractivity contribution in [3.63, 3.8) is 0 Å². The molecule has 7 heteroatoms. The van der Waals surface area contributed by atoms with E-state index in [2.05, 4.69) is 5.32 Å². The van der Waals surface area contributed by atoms with Gasteiger partial charge in [0, 0.05) is 25.9 Å². The Morgan fingerprint density at radius 2 is 1.32 bits per heavy atom. The molecule has 0 saturated heterocycles. The first-order valence-electron chi connectivity index (χ1n) is 10.5. The summed E-state index contributed by atoms with van der Waals surface area (Å²) >= 11 is 0. The second-order valence-corrected chi connectivity index (χ2v) is 7.46. The van der Waals surface area contributed by atoms with Crippen LogP contribution in [-0.2, 0) is 22.4 Å². The number of rotatable bonds is 12. The van der Waals surface area contributed by atoms with Gasteiger partial charge in [-0.05, 0) is 36.8 Å². The number of benzene rings is 2. The first kappa shape index (κ1) is 24.4. The fourth-order valence-corrected chi connectivity index (χ4v) is 3.27. The SMILES string of the molecule is O=C(CCCc1ccccc1)NCCN(CC(F)(F)F)C(=O)CCCc1ccccc1. The molecule has 2 aromatic carbocycles. The summed E-state index contributed by atoms with van der Waals surface area (Å²) in [4.78, 5) is 25.1. The third kappa shape index (κ3) is 10.7.